The third-order valence-corrected chi connectivity index (χ3v) is 12.3. The summed E-state index contributed by atoms with van der Waals surface area (Å²) in [5.41, 5.74) is 8.52. The van der Waals surface area contributed by atoms with Crippen molar-refractivity contribution in [2.24, 2.45) is 0 Å². The number of anilines is 3. The molecule has 6 heterocycles. The average Bonchev–Trinajstić information content (AvgIpc) is 3.68. The van der Waals surface area contributed by atoms with Crippen molar-refractivity contribution in [2.45, 2.75) is 91.3 Å². The number of hydrogen-bond acceptors (Lipinski definition) is 14. The molecule has 1 unspecified atom stereocenters. The van der Waals surface area contributed by atoms with Gasteiger partial charge in [-0.3, -0.25) is 24.5 Å². The minimum absolute atomic E-state index is 0.122. The van der Waals surface area contributed by atoms with Crippen LogP contribution in [0.1, 0.15) is 101 Å². The molecule has 2 aromatic carbocycles. The number of amides is 3. The maximum Gasteiger partial charge on any atom is 0.255 e. The molecule has 9 rings (SSSR count). The van der Waals surface area contributed by atoms with Crippen molar-refractivity contribution >= 4 is 62.8 Å². The van der Waals surface area contributed by atoms with Gasteiger partial charge in [-0.2, -0.15) is 5.10 Å². The Bertz CT molecular complexity index is 2770. The SMILES string of the molecule is CCn1nc(C2CC2)cc1Nc1nc(C(=O)CCCOCCOCCOCCNc2cccc3c2CN(C2CCC(=O)NC2=O)C3=O)nc2[nH]c3cc(-c4c(C)noc4C)c(C)cc3c12. The lowest BCUT2D eigenvalue weighted by atomic mass is 9.97. The number of aryl methyl sites for hydroxylation is 4. The van der Waals surface area contributed by atoms with E-state index in [-0.39, 0.29) is 36.3 Å². The molecule has 18 heteroatoms. The van der Waals surface area contributed by atoms with E-state index in [1.54, 1.807) is 6.07 Å². The van der Waals surface area contributed by atoms with Crippen molar-refractivity contribution in [2.75, 3.05) is 56.8 Å². The van der Waals surface area contributed by atoms with E-state index >= 15 is 0 Å². The molecule has 1 atom stereocenters. The van der Waals surface area contributed by atoms with Crippen molar-refractivity contribution in [3.05, 3.63) is 76.1 Å². The summed E-state index contributed by atoms with van der Waals surface area (Å²) in [6, 6.07) is 11.1. The molecule has 4 aromatic heterocycles. The topological polar surface area (TPSA) is 221 Å². The van der Waals surface area contributed by atoms with E-state index in [4.69, 9.17) is 33.8 Å². The first kappa shape index (κ1) is 43.7. The van der Waals surface area contributed by atoms with Crippen molar-refractivity contribution in [3.63, 3.8) is 0 Å². The summed E-state index contributed by atoms with van der Waals surface area (Å²) in [5.74, 6) is 1.57. The average molecular weight is 887 g/mol. The molecule has 340 valence electrons. The number of aromatic amines is 1. The van der Waals surface area contributed by atoms with Crippen LogP contribution in [0.15, 0.2) is 40.9 Å². The number of carbonyl (C=O) groups excluding carboxylic acids is 4. The summed E-state index contributed by atoms with van der Waals surface area (Å²) < 4.78 is 24.6. The van der Waals surface area contributed by atoms with Crippen LogP contribution in [0, 0.1) is 20.8 Å². The second-order valence-corrected chi connectivity index (χ2v) is 16.8. The van der Waals surface area contributed by atoms with Crippen molar-refractivity contribution < 1.29 is 37.9 Å². The summed E-state index contributed by atoms with van der Waals surface area (Å²) in [6.45, 7) is 11.8. The van der Waals surface area contributed by atoms with E-state index in [2.05, 4.69) is 58.1 Å². The number of nitrogens with one attached hydrogen (secondary N) is 4. The van der Waals surface area contributed by atoms with Gasteiger partial charge in [0, 0.05) is 84.3 Å². The fourth-order valence-corrected chi connectivity index (χ4v) is 8.78. The number of ketones is 1. The van der Waals surface area contributed by atoms with Crippen LogP contribution in [0.2, 0.25) is 0 Å². The Kier molecular flexibility index (Phi) is 12.7. The van der Waals surface area contributed by atoms with Crippen LogP contribution in [-0.2, 0) is 36.9 Å². The first-order chi connectivity index (χ1) is 31.6. The van der Waals surface area contributed by atoms with E-state index in [1.807, 2.05) is 30.7 Å². The minimum atomic E-state index is -0.658. The van der Waals surface area contributed by atoms with Gasteiger partial charge >= 0.3 is 0 Å². The normalized spacial score (nSPS) is 16.2. The fourth-order valence-electron chi connectivity index (χ4n) is 8.78. The van der Waals surface area contributed by atoms with Gasteiger partial charge < -0.3 is 39.3 Å². The first-order valence-electron chi connectivity index (χ1n) is 22.5. The molecular formula is C47H54N10O8. The van der Waals surface area contributed by atoms with Crippen molar-refractivity contribution in [3.8, 4) is 11.1 Å². The van der Waals surface area contributed by atoms with E-state index in [0.29, 0.717) is 95.1 Å². The summed E-state index contributed by atoms with van der Waals surface area (Å²) in [5, 5.41) is 20.0. The van der Waals surface area contributed by atoms with Gasteiger partial charge in [-0.15, -0.1) is 0 Å². The zero-order valence-corrected chi connectivity index (χ0v) is 37.2. The molecule has 0 radical (unpaired) electrons. The minimum Gasteiger partial charge on any atom is -0.382 e. The number of carbonyl (C=O) groups is 4. The summed E-state index contributed by atoms with van der Waals surface area (Å²) >= 11 is 0. The Balaban J connectivity index is 0.738. The molecule has 2 aliphatic heterocycles. The highest BCUT2D eigenvalue weighted by Gasteiger charge is 2.40. The standard InChI is InChI=1S/C47H54N10O8/c1-5-57-39(24-35(54-57)29-11-12-29)50-45-42-32-22-26(2)31(41-27(3)55-65-28(41)4)23-36(32)49-44(42)52-43(53-45)38(58)10-7-16-62-18-20-64-21-19-63-17-15-48-34-9-6-8-30-33(34)25-56(47(30)61)37-13-14-40(59)51-46(37)60/h6,8-9,22-24,29,37,48H,5,7,10-21,25H2,1-4H3,(H,51,59,60)(H2,49,50,52,53). The number of benzene rings is 2. The Morgan fingerprint density at radius 2 is 1.72 bits per heavy atom. The number of Topliss-reactive ketones (excluding diaryl/α,β-unsaturated/α-hetero) is 1. The van der Waals surface area contributed by atoms with Crippen LogP contribution in [0.5, 0.6) is 0 Å². The van der Waals surface area contributed by atoms with Gasteiger partial charge in [0.2, 0.25) is 11.8 Å². The molecule has 0 spiro atoms. The third-order valence-electron chi connectivity index (χ3n) is 12.3. The Morgan fingerprint density at radius 3 is 2.46 bits per heavy atom. The quantitative estimate of drug-likeness (QED) is 0.0349. The number of piperidine rings is 1. The zero-order valence-electron chi connectivity index (χ0n) is 37.2. The first-order valence-corrected chi connectivity index (χ1v) is 22.5. The maximum absolute atomic E-state index is 13.7. The Morgan fingerprint density at radius 1 is 0.938 bits per heavy atom. The van der Waals surface area contributed by atoms with Crippen molar-refractivity contribution in [1.29, 1.82) is 0 Å². The largest absolute Gasteiger partial charge is 0.382 e. The van der Waals surface area contributed by atoms with E-state index in [1.165, 1.54) is 4.90 Å². The van der Waals surface area contributed by atoms with Crippen LogP contribution >= 0.6 is 0 Å². The molecule has 1 aliphatic carbocycles. The van der Waals surface area contributed by atoms with Gasteiger partial charge in [-0.05, 0) is 88.8 Å². The lowest BCUT2D eigenvalue weighted by Crippen LogP contribution is -2.52. The Hall–Kier alpha value is -6.50. The lowest BCUT2D eigenvalue weighted by molar-refractivity contribution is -0.136. The predicted octanol–water partition coefficient (Wildman–Crippen LogP) is 6.41. The number of hydrogen-bond donors (Lipinski definition) is 4. The van der Waals surface area contributed by atoms with Crippen LogP contribution in [0.25, 0.3) is 33.1 Å². The molecule has 3 amide bonds. The van der Waals surface area contributed by atoms with Gasteiger partial charge in [0.25, 0.3) is 5.91 Å². The van der Waals surface area contributed by atoms with E-state index < -0.39 is 11.9 Å². The molecule has 65 heavy (non-hydrogen) atoms. The van der Waals surface area contributed by atoms with Gasteiger partial charge in [0.05, 0.1) is 49.8 Å². The highest BCUT2D eigenvalue weighted by molar-refractivity contribution is 6.14. The highest BCUT2D eigenvalue weighted by Crippen LogP contribution is 2.42. The maximum atomic E-state index is 13.7. The second-order valence-electron chi connectivity index (χ2n) is 16.8. The Labute approximate surface area is 375 Å². The highest BCUT2D eigenvalue weighted by atomic mass is 16.5. The smallest absolute Gasteiger partial charge is 0.255 e. The molecular weight excluding hydrogens is 833 g/mol. The van der Waals surface area contributed by atoms with Crippen molar-refractivity contribution in [1.82, 2.24) is 40.1 Å². The monoisotopic (exact) mass is 886 g/mol. The molecule has 18 nitrogen and oxygen atoms in total. The van der Waals surface area contributed by atoms with E-state index in [9.17, 15) is 19.2 Å². The molecule has 1 saturated heterocycles. The van der Waals surface area contributed by atoms with Gasteiger partial charge in [-0.1, -0.05) is 11.2 Å². The zero-order chi connectivity index (χ0) is 45.2. The number of H-pyrrole nitrogens is 1. The molecule has 3 aliphatic rings. The fraction of sp³-hybridized carbons (Fsp3) is 0.447. The van der Waals surface area contributed by atoms with Gasteiger partial charge in [0.15, 0.2) is 11.6 Å². The van der Waals surface area contributed by atoms with Gasteiger partial charge in [-0.25, -0.2) is 14.6 Å². The molecule has 1 saturated carbocycles. The predicted molar refractivity (Wildman–Crippen MR) is 241 cm³/mol. The summed E-state index contributed by atoms with van der Waals surface area (Å²) in [4.78, 5) is 65.4. The molecule has 4 N–H and O–H groups in total. The number of aromatic nitrogens is 6. The lowest BCUT2D eigenvalue weighted by Gasteiger charge is -2.29. The summed E-state index contributed by atoms with van der Waals surface area (Å²) in [7, 11) is 0. The van der Waals surface area contributed by atoms with E-state index in [0.717, 1.165) is 80.0 Å². The molecule has 2 fully saturated rings. The van der Waals surface area contributed by atoms with Crippen LogP contribution in [0.3, 0.4) is 0 Å². The number of nitrogens with zero attached hydrogens (tertiary/aromatic N) is 6. The third kappa shape index (κ3) is 9.23. The number of rotatable bonds is 21. The molecule has 0 bridgehead atoms. The summed E-state index contributed by atoms with van der Waals surface area (Å²) in [6.07, 6.45) is 3.51. The number of fused-ring (bicyclic) bond motifs is 4. The number of ether oxygens (including phenoxy) is 3. The second kappa shape index (κ2) is 18.9. The van der Waals surface area contributed by atoms with Crippen LogP contribution in [-0.4, -0.2) is 111 Å². The van der Waals surface area contributed by atoms with Crippen LogP contribution in [0.4, 0.5) is 17.3 Å². The number of imide groups is 1. The molecule has 6 aromatic rings. The van der Waals surface area contributed by atoms with Gasteiger partial charge in [0.1, 0.15) is 29.1 Å². The van der Waals surface area contributed by atoms with Crippen LogP contribution < -0.4 is 16.0 Å².